The van der Waals surface area contributed by atoms with Gasteiger partial charge in [-0.05, 0) is 12.8 Å². The molecule has 1 aliphatic carbocycles. The highest BCUT2D eigenvalue weighted by atomic mass is 16.5. The number of rotatable bonds is 6. The lowest BCUT2D eigenvalue weighted by Gasteiger charge is -2.23. The van der Waals surface area contributed by atoms with Gasteiger partial charge in [0.2, 0.25) is 5.91 Å². The van der Waals surface area contributed by atoms with Crippen LogP contribution in [0.2, 0.25) is 0 Å². The van der Waals surface area contributed by atoms with Gasteiger partial charge in [-0.1, -0.05) is 25.7 Å². The van der Waals surface area contributed by atoms with E-state index in [4.69, 9.17) is 9.47 Å². The van der Waals surface area contributed by atoms with Crippen LogP contribution in [-0.4, -0.2) is 51.0 Å². The lowest BCUT2D eigenvalue weighted by molar-refractivity contribution is -0.122. The van der Waals surface area contributed by atoms with E-state index in [0.29, 0.717) is 32.3 Å². The van der Waals surface area contributed by atoms with Gasteiger partial charge in [0, 0.05) is 25.6 Å². The highest BCUT2D eigenvalue weighted by Gasteiger charge is 2.16. The average Bonchev–Trinajstić information content (AvgIpc) is 2.73. The standard InChI is InChI=1S/C15H28N2O3/c18-15(11-13-12-19-9-7-16-13)17-8-10-20-14-5-3-1-2-4-6-14/h13-14,16H,1-12H2,(H,17,18). The maximum Gasteiger partial charge on any atom is 0.221 e. The monoisotopic (exact) mass is 284 g/mol. The first-order chi connectivity index (χ1) is 9.84. The first-order valence-corrected chi connectivity index (χ1v) is 8.04. The molecule has 116 valence electrons. The molecule has 0 radical (unpaired) electrons. The van der Waals surface area contributed by atoms with Gasteiger partial charge in [-0.25, -0.2) is 0 Å². The van der Waals surface area contributed by atoms with Crippen molar-refractivity contribution < 1.29 is 14.3 Å². The van der Waals surface area contributed by atoms with Crippen molar-refractivity contribution in [3.63, 3.8) is 0 Å². The molecule has 2 aliphatic rings. The summed E-state index contributed by atoms with van der Waals surface area (Å²) in [6, 6.07) is 0.159. The van der Waals surface area contributed by atoms with Crippen LogP contribution in [0.4, 0.5) is 0 Å². The molecule has 1 heterocycles. The van der Waals surface area contributed by atoms with Gasteiger partial charge in [0.15, 0.2) is 0 Å². The topological polar surface area (TPSA) is 59.6 Å². The van der Waals surface area contributed by atoms with Crippen LogP contribution in [0.5, 0.6) is 0 Å². The van der Waals surface area contributed by atoms with Crippen molar-refractivity contribution in [2.45, 2.75) is 57.1 Å². The SMILES string of the molecule is O=C(CC1COCCN1)NCCOC1CCCCCC1. The molecule has 2 fully saturated rings. The zero-order valence-electron chi connectivity index (χ0n) is 12.4. The second kappa shape index (κ2) is 9.32. The fraction of sp³-hybridized carbons (Fsp3) is 0.933. The van der Waals surface area contributed by atoms with Gasteiger partial charge in [0.1, 0.15) is 0 Å². The van der Waals surface area contributed by atoms with Crippen molar-refractivity contribution in [1.29, 1.82) is 0 Å². The van der Waals surface area contributed by atoms with Crippen LogP contribution in [0.3, 0.4) is 0 Å². The molecule has 1 aliphatic heterocycles. The highest BCUT2D eigenvalue weighted by molar-refractivity contribution is 5.76. The van der Waals surface area contributed by atoms with Crippen molar-refractivity contribution in [3.05, 3.63) is 0 Å². The first kappa shape index (κ1) is 15.7. The number of ether oxygens (including phenoxy) is 2. The maximum atomic E-state index is 11.8. The van der Waals surface area contributed by atoms with Crippen LogP contribution in [0.15, 0.2) is 0 Å². The lowest BCUT2D eigenvalue weighted by Crippen LogP contribution is -2.44. The minimum atomic E-state index is 0.0810. The number of amides is 1. The van der Waals surface area contributed by atoms with E-state index in [2.05, 4.69) is 10.6 Å². The van der Waals surface area contributed by atoms with E-state index in [1.807, 2.05) is 0 Å². The second-order valence-electron chi connectivity index (χ2n) is 5.76. The molecule has 2 N–H and O–H groups in total. The summed E-state index contributed by atoms with van der Waals surface area (Å²) in [6.07, 6.45) is 8.50. The number of carbonyl (C=O) groups excluding carboxylic acids is 1. The summed E-state index contributed by atoms with van der Waals surface area (Å²) >= 11 is 0. The summed E-state index contributed by atoms with van der Waals surface area (Å²) in [5, 5.41) is 6.21. The van der Waals surface area contributed by atoms with Crippen molar-refractivity contribution >= 4 is 5.91 Å². The van der Waals surface area contributed by atoms with E-state index >= 15 is 0 Å². The Balaban J connectivity index is 1.50. The summed E-state index contributed by atoms with van der Waals surface area (Å²) in [5.74, 6) is 0.0810. The van der Waals surface area contributed by atoms with E-state index < -0.39 is 0 Å². The molecule has 1 atom stereocenters. The summed E-state index contributed by atoms with van der Waals surface area (Å²) in [5.41, 5.74) is 0. The van der Waals surface area contributed by atoms with Gasteiger partial charge in [0.05, 0.1) is 25.9 Å². The van der Waals surface area contributed by atoms with E-state index in [1.165, 1.54) is 38.5 Å². The molecule has 20 heavy (non-hydrogen) atoms. The number of hydrogen-bond acceptors (Lipinski definition) is 4. The molecule has 0 aromatic heterocycles. The largest absolute Gasteiger partial charge is 0.378 e. The predicted octanol–water partition coefficient (Wildman–Crippen LogP) is 1.22. The van der Waals surface area contributed by atoms with E-state index in [0.717, 1.165) is 13.2 Å². The smallest absolute Gasteiger partial charge is 0.221 e. The summed E-state index contributed by atoms with van der Waals surface area (Å²) < 4.78 is 11.2. The zero-order chi connectivity index (χ0) is 14.0. The number of nitrogens with one attached hydrogen (secondary N) is 2. The molecule has 5 heteroatoms. The van der Waals surface area contributed by atoms with Gasteiger partial charge in [-0.15, -0.1) is 0 Å². The Morgan fingerprint density at radius 2 is 2.05 bits per heavy atom. The van der Waals surface area contributed by atoms with E-state index in [9.17, 15) is 4.79 Å². The third-order valence-electron chi connectivity index (χ3n) is 4.01. The molecular weight excluding hydrogens is 256 g/mol. The van der Waals surface area contributed by atoms with Gasteiger partial charge >= 0.3 is 0 Å². The fourth-order valence-electron chi connectivity index (χ4n) is 2.87. The fourth-order valence-corrected chi connectivity index (χ4v) is 2.87. The summed E-state index contributed by atoms with van der Waals surface area (Å²) in [4.78, 5) is 11.8. The number of morpholine rings is 1. The Labute approximate surface area is 121 Å². The molecule has 1 saturated heterocycles. The minimum absolute atomic E-state index is 0.0810. The molecular formula is C15H28N2O3. The molecule has 1 unspecified atom stereocenters. The number of carbonyl (C=O) groups is 1. The molecule has 0 bridgehead atoms. The Hall–Kier alpha value is -0.650. The molecule has 1 amide bonds. The highest BCUT2D eigenvalue weighted by Crippen LogP contribution is 2.19. The third kappa shape index (κ3) is 6.20. The Morgan fingerprint density at radius 3 is 2.75 bits per heavy atom. The van der Waals surface area contributed by atoms with Gasteiger partial charge in [0.25, 0.3) is 0 Å². The second-order valence-corrected chi connectivity index (χ2v) is 5.76. The van der Waals surface area contributed by atoms with Crippen LogP contribution >= 0.6 is 0 Å². The van der Waals surface area contributed by atoms with Crippen LogP contribution in [0.1, 0.15) is 44.9 Å². The summed E-state index contributed by atoms with van der Waals surface area (Å²) in [7, 11) is 0. The third-order valence-corrected chi connectivity index (χ3v) is 4.01. The van der Waals surface area contributed by atoms with Crippen molar-refractivity contribution in [2.75, 3.05) is 32.9 Å². The van der Waals surface area contributed by atoms with E-state index in [1.54, 1.807) is 0 Å². The Kier molecular flexibility index (Phi) is 7.33. The van der Waals surface area contributed by atoms with Gasteiger partial charge in [-0.2, -0.15) is 0 Å². The molecule has 0 aromatic rings. The van der Waals surface area contributed by atoms with Crippen molar-refractivity contribution in [3.8, 4) is 0 Å². The molecule has 0 aromatic carbocycles. The van der Waals surface area contributed by atoms with Crippen LogP contribution in [0, 0.1) is 0 Å². The summed E-state index contributed by atoms with van der Waals surface area (Å²) in [6.45, 7) is 3.45. The minimum Gasteiger partial charge on any atom is -0.378 e. The van der Waals surface area contributed by atoms with Crippen LogP contribution in [-0.2, 0) is 14.3 Å². The lowest BCUT2D eigenvalue weighted by atomic mass is 10.1. The van der Waals surface area contributed by atoms with Gasteiger partial charge in [-0.3, -0.25) is 4.79 Å². The van der Waals surface area contributed by atoms with Crippen LogP contribution < -0.4 is 10.6 Å². The molecule has 5 nitrogen and oxygen atoms in total. The Bertz CT molecular complexity index is 272. The maximum absolute atomic E-state index is 11.8. The molecule has 0 spiro atoms. The van der Waals surface area contributed by atoms with E-state index in [-0.39, 0.29) is 11.9 Å². The van der Waals surface area contributed by atoms with Crippen molar-refractivity contribution in [1.82, 2.24) is 10.6 Å². The number of hydrogen-bond donors (Lipinski definition) is 2. The quantitative estimate of drug-likeness (QED) is 0.569. The molecule has 1 saturated carbocycles. The normalized spacial score (nSPS) is 25.1. The molecule has 2 rings (SSSR count). The first-order valence-electron chi connectivity index (χ1n) is 8.04. The Morgan fingerprint density at radius 1 is 1.25 bits per heavy atom. The average molecular weight is 284 g/mol. The van der Waals surface area contributed by atoms with Crippen molar-refractivity contribution in [2.24, 2.45) is 0 Å². The predicted molar refractivity (Wildman–Crippen MR) is 77.7 cm³/mol. The van der Waals surface area contributed by atoms with Gasteiger partial charge < -0.3 is 20.1 Å². The van der Waals surface area contributed by atoms with Crippen LogP contribution in [0.25, 0.3) is 0 Å². The zero-order valence-corrected chi connectivity index (χ0v) is 12.4.